The highest BCUT2D eigenvalue weighted by atomic mass is 16.5. The van der Waals surface area contributed by atoms with Gasteiger partial charge in [0.15, 0.2) is 0 Å². The third-order valence-corrected chi connectivity index (χ3v) is 5.35. The maximum atomic E-state index is 12.9. The summed E-state index contributed by atoms with van der Waals surface area (Å²) in [7, 11) is 1.62. The molecule has 0 unspecified atom stereocenters. The molecule has 0 spiro atoms. The Hall–Kier alpha value is -3.67. The fourth-order valence-electron chi connectivity index (χ4n) is 3.37. The van der Waals surface area contributed by atoms with E-state index in [1.165, 1.54) is 0 Å². The monoisotopic (exact) mass is 402 g/mol. The Bertz CT molecular complexity index is 1070. The van der Waals surface area contributed by atoms with Crippen molar-refractivity contribution in [2.45, 2.75) is 25.2 Å². The smallest absolute Gasteiger partial charge is 0.321 e. The number of methoxy groups -OCH3 is 1. The predicted octanol–water partition coefficient (Wildman–Crippen LogP) is 4.29. The lowest BCUT2D eigenvalue weighted by molar-refractivity contribution is -0.137. The van der Waals surface area contributed by atoms with Gasteiger partial charge in [0.2, 0.25) is 0 Å². The first kappa shape index (κ1) is 19.6. The van der Waals surface area contributed by atoms with Gasteiger partial charge in [-0.2, -0.15) is 0 Å². The van der Waals surface area contributed by atoms with Gasteiger partial charge in [-0.25, -0.2) is 0 Å². The number of aromatic nitrogens is 1. The Labute approximate surface area is 174 Å². The lowest BCUT2D eigenvalue weighted by atomic mass is 9.94. The van der Waals surface area contributed by atoms with Crippen LogP contribution in [0.5, 0.6) is 11.5 Å². The number of carbonyl (C=O) groups is 2. The highest BCUT2D eigenvalue weighted by molar-refractivity contribution is 6.04. The summed E-state index contributed by atoms with van der Waals surface area (Å²) in [6, 6.07) is 15.8. The average Bonchev–Trinajstić information content (AvgIpc) is 3.57. The molecular weight excluding hydrogens is 380 g/mol. The van der Waals surface area contributed by atoms with Gasteiger partial charge in [-0.15, -0.1) is 0 Å². The van der Waals surface area contributed by atoms with E-state index in [4.69, 9.17) is 9.47 Å². The van der Waals surface area contributed by atoms with Gasteiger partial charge in [0.25, 0.3) is 5.91 Å². The summed E-state index contributed by atoms with van der Waals surface area (Å²) >= 11 is 0. The van der Waals surface area contributed by atoms with Crippen LogP contribution >= 0.6 is 0 Å². The highest BCUT2D eigenvalue weighted by Gasteiger charge is 2.53. The molecule has 0 radical (unpaired) electrons. The third kappa shape index (κ3) is 3.89. The second-order valence-electron chi connectivity index (χ2n) is 7.38. The number of ether oxygens (including phenoxy) is 2. The quantitative estimate of drug-likeness (QED) is 0.492. The van der Waals surface area contributed by atoms with Crippen LogP contribution in [0.3, 0.4) is 0 Å². The van der Waals surface area contributed by atoms with Crippen LogP contribution in [0.4, 0.5) is 5.69 Å². The predicted molar refractivity (Wildman–Crippen MR) is 113 cm³/mol. The standard InChI is InChI=1S/C24H22N2O4/c1-16-5-8-18(14-21(16)29-2)24(11-12-24)23(28)30-20-9-6-17(7-10-20)22(27)26-19-4-3-13-25-15-19/h3-10,13-15H,11-12H2,1-2H3,(H,26,27). The van der Waals surface area contributed by atoms with Crippen molar-refractivity contribution in [1.29, 1.82) is 0 Å². The van der Waals surface area contributed by atoms with Crippen molar-refractivity contribution in [2.75, 3.05) is 12.4 Å². The van der Waals surface area contributed by atoms with Crippen LogP contribution in [-0.4, -0.2) is 24.0 Å². The number of esters is 1. The Morgan fingerprint density at radius 3 is 2.47 bits per heavy atom. The van der Waals surface area contributed by atoms with Crippen LogP contribution in [0.1, 0.15) is 34.3 Å². The number of anilines is 1. The zero-order valence-corrected chi connectivity index (χ0v) is 16.8. The molecule has 4 rings (SSSR count). The number of nitrogens with one attached hydrogen (secondary N) is 1. The lowest BCUT2D eigenvalue weighted by Crippen LogP contribution is -2.26. The molecule has 1 aromatic heterocycles. The van der Waals surface area contributed by atoms with Crippen molar-refractivity contribution in [3.05, 3.63) is 83.7 Å². The van der Waals surface area contributed by atoms with Crippen molar-refractivity contribution in [3.8, 4) is 11.5 Å². The first-order chi connectivity index (χ1) is 14.5. The molecule has 30 heavy (non-hydrogen) atoms. The maximum Gasteiger partial charge on any atom is 0.321 e. The largest absolute Gasteiger partial charge is 0.496 e. The van der Waals surface area contributed by atoms with E-state index in [1.54, 1.807) is 55.9 Å². The molecule has 1 heterocycles. The van der Waals surface area contributed by atoms with Gasteiger partial charge in [0.05, 0.1) is 24.4 Å². The van der Waals surface area contributed by atoms with Crippen LogP contribution in [0.15, 0.2) is 67.0 Å². The Balaban J connectivity index is 1.44. The van der Waals surface area contributed by atoms with Crippen LogP contribution in [-0.2, 0) is 10.2 Å². The normalized spacial score (nSPS) is 13.9. The summed E-state index contributed by atoms with van der Waals surface area (Å²) in [4.78, 5) is 29.2. The Morgan fingerprint density at radius 2 is 1.83 bits per heavy atom. The second kappa shape index (κ2) is 7.99. The maximum absolute atomic E-state index is 12.9. The summed E-state index contributed by atoms with van der Waals surface area (Å²) in [5, 5.41) is 2.77. The minimum atomic E-state index is -0.628. The molecule has 1 aliphatic carbocycles. The first-order valence-corrected chi connectivity index (χ1v) is 9.71. The average molecular weight is 402 g/mol. The molecule has 1 aliphatic rings. The van der Waals surface area contributed by atoms with Gasteiger partial charge in [-0.05, 0) is 73.4 Å². The molecule has 152 valence electrons. The van der Waals surface area contributed by atoms with Crippen LogP contribution in [0, 0.1) is 6.92 Å². The number of aryl methyl sites for hydroxylation is 1. The zero-order chi connectivity index (χ0) is 21.1. The molecule has 1 fully saturated rings. The number of rotatable bonds is 6. The summed E-state index contributed by atoms with van der Waals surface area (Å²) < 4.78 is 11.0. The van der Waals surface area contributed by atoms with Gasteiger partial charge >= 0.3 is 5.97 Å². The number of hydrogen-bond acceptors (Lipinski definition) is 5. The van der Waals surface area contributed by atoms with Crippen molar-refractivity contribution >= 4 is 17.6 Å². The number of pyridine rings is 1. The van der Waals surface area contributed by atoms with Crippen molar-refractivity contribution in [1.82, 2.24) is 4.98 Å². The summed E-state index contributed by atoms with van der Waals surface area (Å²) in [6.07, 6.45) is 4.69. The number of amides is 1. The van der Waals surface area contributed by atoms with E-state index in [0.717, 1.165) is 29.7 Å². The van der Waals surface area contributed by atoms with Crippen molar-refractivity contribution < 1.29 is 19.1 Å². The Morgan fingerprint density at radius 1 is 1.07 bits per heavy atom. The molecule has 0 aliphatic heterocycles. The molecular formula is C24H22N2O4. The first-order valence-electron chi connectivity index (χ1n) is 9.71. The lowest BCUT2D eigenvalue weighted by Gasteiger charge is -2.16. The van der Waals surface area contributed by atoms with Crippen LogP contribution in [0.2, 0.25) is 0 Å². The van der Waals surface area contributed by atoms with Gasteiger partial charge < -0.3 is 14.8 Å². The molecule has 0 bridgehead atoms. The molecule has 6 heteroatoms. The minimum Gasteiger partial charge on any atom is -0.496 e. The van der Waals surface area contributed by atoms with E-state index in [1.807, 2.05) is 25.1 Å². The molecule has 1 N–H and O–H groups in total. The van der Waals surface area contributed by atoms with Crippen molar-refractivity contribution in [2.24, 2.45) is 0 Å². The van der Waals surface area contributed by atoms with Crippen LogP contribution < -0.4 is 14.8 Å². The molecule has 0 atom stereocenters. The van der Waals surface area contributed by atoms with Crippen LogP contribution in [0.25, 0.3) is 0 Å². The number of nitrogens with zero attached hydrogens (tertiary/aromatic N) is 1. The van der Waals surface area contributed by atoms with E-state index in [0.29, 0.717) is 17.0 Å². The summed E-state index contributed by atoms with van der Waals surface area (Å²) in [5.74, 6) is 0.617. The third-order valence-electron chi connectivity index (χ3n) is 5.35. The highest BCUT2D eigenvalue weighted by Crippen LogP contribution is 2.50. The number of benzene rings is 2. The summed E-state index contributed by atoms with van der Waals surface area (Å²) in [6.45, 7) is 1.96. The van der Waals surface area contributed by atoms with Gasteiger partial charge in [-0.3, -0.25) is 14.6 Å². The van der Waals surface area contributed by atoms with Gasteiger partial charge in [-0.1, -0.05) is 12.1 Å². The number of carbonyl (C=O) groups excluding carboxylic acids is 2. The van der Waals surface area contributed by atoms with Gasteiger partial charge in [0, 0.05) is 11.8 Å². The molecule has 6 nitrogen and oxygen atoms in total. The second-order valence-corrected chi connectivity index (χ2v) is 7.38. The van der Waals surface area contributed by atoms with E-state index in [2.05, 4.69) is 10.3 Å². The topological polar surface area (TPSA) is 77.5 Å². The molecule has 1 saturated carbocycles. The molecule has 0 saturated heterocycles. The fourth-order valence-corrected chi connectivity index (χ4v) is 3.37. The number of hydrogen-bond donors (Lipinski definition) is 1. The molecule has 2 aromatic carbocycles. The SMILES string of the molecule is COc1cc(C2(C(=O)Oc3ccc(C(=O)Nc4cccnc4)cc3)CC2)ccc1C. The summed E-state index contributed by atoms with van der Waals surface area (Å²) in [5.41, 5.74) is 2.37. The van der Waals surface area contributed by atoms with E-state index in [-0.39, 0.29) is 11.9 Å². The van der Waals surface area contributed by atoms with Gasteiger partial charge in [0.1, 0.15) is 11.5 Å². The van der Waals surface area contributed by atoms with E-state index in [9.17, 15) is 9.59 Å². The molecule has 1 amide bonds. The fraction of sp³-hybridized carbons (Fsp3) is 0.208. The Kier molecular flexibility index (Phi) is 5.23. The molecule has 3 aromatic rings. The van der Waals surface area contributed by atoms with E-state index < -0.39 is 5.41 Å². The zero-order valence-electron chi connectivity index (χ0n) is 16.8. The van der Waals surface area contributed by atoms with E-state index >= 15 is 0 Å². The minimum absolute atomic E-state index is 0.258. The van der Waals surface area contributed by atoms with Crippen molar-refractivity contribution in [3.63, 3.8) is 0 Å².